The molecule has 1 unspecified atom stereocenters. The van der Waals surface area contributed by atoms with Crippen molar-refractivity contribution in [3.63, 3.8) is 0 Å². The van der Waals surface area contributed by atoms with Gasteiger partial charge in [-0.25, -0.2) is 0 Å². The monoisotopic (exact) mass is 277 g/mol. The van der Waals surface area contributed by atoms with Gasteiger partial charge in [0.25, 0.3) is 0 Å². The van der Waals surface area contributed by atoms with Crippen LogP contribution in [-0.4, -0.2) is 42.1 Å². The van der Waals surface area contributed by atoms with E-state index in [1.165, 1.54) is 19.4 Å². The standard InChI is InChI=1S/C12H24BrNO/c1-10(4-6-13)5-7-14-8-11(2)15-12(3)9-14/h10-12H,4-9H2,1-3H3/t10?,11-,12+. The fraction of sp³-hybridized carbons (Fsp3) is 1.00. The molecular formula is C12H24BrNO. The average molecular weight is 278 g/mol. The number of halogens is 1. The number of hydrogen-bond donors (Lipinski definition) is 0. The van der Waals surface area contributed by atoms with Crippen LogP contribution < -0.4 is 0 Å². The molecule has 90 valence electrons. The van der Waals surface area contributed by atoms with Crippen LogP contribution in [0.1, 0.15) is 33.6 Å². The van der Waals surface area contributed by atoms with Gasteiger partial charge in [0.15, 0.2) is 0 Å². The van der Waals surface area contributed by atoms with Crippen molar-refractivity contribution in [3.05, 3.63) is 0 Å². The first-order valence-corrected chi connectivity index (χ1v) is 7.17. The van der Waals surface area contributed by atoms with Crippen molar-refractivity contribution in [2.45, 2.75) is 45.8 Å². The predicted octanol–water partition coefficient (Wildman–Crippen LogP) is 2.91. The highest BCUT2D eigenvalue weighted by molar-refractivity contribution is 9.09. The van der Waals surface area contributed by atoms with E-state index < -0.39 is 0 Å². The van der Waals surface area contributed by atoms with Crippen molar-refractivity contribution in [3.8, 4) is 0 Å². The summed E-state index contributed by atoms with van der Waals surface area (Å²) >= 11 is 3.50. The van der Waals surface area contributed by atoms with E-state index in [1.54, 1.807) is 0 Å². The maximum atomic E-state index is 5.72. The lowest BCUT2D eigenvalue weighted by molar-refractivity contribution is -0.0688. The molecule has 1 aliphatic heterocycles. The van der Waals surface area contributed by atoms with Gasteiger partial charge < -0.3 is 4.74 Å². The van der Waals surface area contributed by atoms with E-state index in [2.05, 4.69) is 41.6 Å². The summed E-state index contributed by atoms with van der Waals surface area (Å²) in [5.41, 5.74) is 0. The topological polar surface area (TPSA) is 12.5 Å². The van der Waals surface area contributed by atoms with Crippen molar-refractivity contribution >= 4 is 15.9 Å². The van der Waals surface area contributed by atoms with E-state index >= 15 is 0 Å². The fourth-order valence-electron chi connectivity index (χ4n) is 2.20. The van der Waals surface area contributed by atoms with Crippen LogP contribution >= 0.6 is 15.9 Å². The summed E-state index contributed by atoms with van der Waals surface area (Å²) in [5, 5.41) is 1.13. The Morgan fingerprint density at radius 1 is 1.27 bits per heavy atom. The molecule has 3 heteroatoms. The summed E-state index contributed by atoms with van der Waals surface area (Å²) in [6.45, 7) is 10.1. The molecule has 3 atom stereocenters. The lowest BCUT2D eigenvalue weighted by atomic mass is 10.0. The highest BCUT2D eigenvalue weighted by Gasteiger charge is 2.21. The summed E-state index contributed by atoms with van der Waals surface area (Å²) in [6.07, 6.45) is 3.40. The molecule has 0 aromatic carbocycles. The van der Waals surface area contributed by atoms with Gasteiger partial charge in [-0.2, -0.15) is 0 Å². The molecule has 1 heterocycles. The average Bonchev–Trinajstić information content (AvgIpc) is 2.14. The molecule has 1 aliphatic rings. The third kappa shape index (κ3) is 5.32. The second-order valence-electron chi connectivity index (χ2n) is 4.89. The molecule has 0 aromatic rings. The number of alkyl halides is 1. The van der Waals surface area contributed by atoms with Crippen molar-refractivity contribution in [1.29, 1.82) is 0 Å². The molecule has 0 aliphatic carbocycles. The molecule has 1 fully saturated rings. The molecule has 15 heavy (non-hydrogen) atoms. The Balaban J connectivity index is 2.20. The van der Waals surface area contributed by atoms with Crippen molar-refractivity contribution in [2.24, 2.45) is 5.92 Å². The van der Waals surface area contributed by atoms with Crippen LogP contribution in [0.2, 0.25) is 0 Å². The lowest BCUT2D eigenvalue weighted by Gasteiger charge is -2.35. The zero-order valence-electron chi connectivity index (χ0n) is 10.2. The molecule has 2 nitrogen and oxygen atoms in total. The Morgan fingerprint density at radius 2 is 1.87 bits per heavy atom. The Labute approximate surface area is 102 Å². The highest BCUT2D eigenvalue weighted by Crippen LogP contribution is 2.14. The maximum absolute atomic E-state index is 5.72. The van der Waals surface area contributed by atoms with Crippen LogP contribution in [0.3, 0.4) is 0 Å². The minimum absolute atomic E-state index is 0.403. The zero-order chi connectivity index (χ0) is 11.3. The molecule has 0 saturated carbocycles. The van der Waals surface area contributed by atoms with Crippen LogP contribution in [0.15, 0.2) is 0 Å². The van der Waals surface area contributed by atoms with Gasteiger partial charge in [0.1, 0.15) is 0 Å². The van der Waals surface area contributed by atoms with Gasteiger partial charge in [-0.15, -0.1) is 0 Å². The van der Waals surface area contributed by atoms with E-state index in [0.29, 0.717) is 12.2 Å². The van der Waals surface area contributed by atoms with Crippen molar-refractivity contribution < 1.29 is 4.74 Å². The van der Waals surface area contributed by atoms with Gasteiger partial charge in [-0.3, -0.25) is 4.90 Å². The molecule has 0 spiro atoms. The first-order chi connectivity index (χ1) is 7.11. The van der Waals surface area contributed by atoms with Crippen molar-refractivity contribution in [1.82, 2.24) is 4.90 Å². The number of rotatable bonds is 5. The second-order valence-corrected chi connectivity index (χ2v) is 5.68. The smallest absolute Gasteiger partial charge is 0.0678 e. The summed E-state index contributed by atoms with van der Waals surface area (Å²) < 4.78 is 5.72. The molecule has 1 rings (SSSR count). The van der Waals surface area contributed by atoms with Crippen LogP contribution in [0.4, 0.5) is 0 Å². The van der Waals surface area contributed by atoms with E-state index in [1.807, 2.05) is 0 Å². The fourth-order valence-corrected chi connectivity index (χ4v) is 2.98. The Hall–Kier alpha value is 0.400. The number of hydrogen-bond acceptors (Lipinski definition) is 2. The zero-order valence-corrected chi connectivity index (χ0v) is 11.8. The Kier molecular flexibility index (Phi) is 6.17. The molecule has 0 aromatic heterocycles. The Bertz CT molecular complexity index is 167. The summed E-state index contributed by atoms with van der Waals surface area (Å²) in [4.78, 5) is 2.55. The number of morpholine rings is 1. The van der Waals surface area contributed by atoms with Crippen molar-refractivity contribution in [2.75, 3.05) is 25.0 Å². The van der Waals surface area contributed by atoms with Gasteiger partial charge in [-0.1, -0.05) is 22.9 Å². The number of nitrogens with zero attached hydrogens (tertiary/aromatic N) is 1. The van der Waals surface area contributed by atoms with E-state index in [9.17, 15) is 0 Å². The second kappa shape index (κ2) is 6.87. The minimum Gasteiger partial charge on any atom is -0.373 e. The first kappa shape index (κ1) is 13.5. The quantitative estimate of drug-likeness (QED) is 0.717. The molecule has 0 bridgehead atoms. The van der Waals surface area contributed by atoms with Gasteiger partial charge in [0.2, 0.25) is 0 Å². The normalized spacial score (nSPS) is 30.4. The van der Waals surface area contributed by atoms with E-state index in [0.717, 1.165) is 24.3 Å². The van der Waals surface area contributed by atoms with Gasteiger partial charge >= 0.3 is 0 Å². The summed E-state index contributed by atoms with van der Waals surface area (Å²) in [7, 11) is 0. The lowest BCUT2D eigenvalue weighted by Crippen LogP contribution is -2.45. The van der Waals surface area contributed by atoms with Crippen LogP contribution in [0.25, 0.3) is 0 Å². The predicted molar refractivity (Wildman–Crippen MR) is 68.6 cm³/mol. The Morgan fingerprint density at radius 3 is 2.40 bits per heavy atom. The van der Waals surface area contributed by atoms with Gasteiger partial charge in [0, 0.05) is 18.4 Å². The molecular weight excluding hydrogens is 254 g/mol. The third-order valence-corrected chi connectivity index (χ3v) is 3.49. The largest absolute Gasteiger partial charge is 0.373 e. The van der Waals surface area contributed by atoms with Crippen LogP contribution in [0, 0.1) is 5.92 Å². The third-order valence-electron chi connectivity index (χ3n) is 3.04. The number of ether oxygens (including phenoxy) is 1. The van der Waals surface area contributed by atoms with Crippen LogP contribution in [-0.2, 0) is 4.74 Å². The molecule has 0 N–H and O–H groups in total. The van der Waals surface area contributed by atoms with E-state index in [4.69, 9.17) is 4.74 Å². The van der Waals surface area contributed by atoms with Gasteiger partial charge in [0.05, 0.1) is 12.2 Å². The van der Waals surface area contributed by atoms with E-state index in [-0.39, 0.29) is 0 Å². The SMILES string of the molecule is CC(CCBr)CCN1C[C@@H](C)O[C@@H](C)C1. The minimum atomic E-state index is 0.403. The first-order valence-electron chi connectivity index (χ1n) is 6.05. The van der Waals surface area contributed by atoms with Gasteiger partial charge in [-0.05, 0) is 39.2 Å². The summed E-state index contributed by atoms with van der Waals surface area (Å²) in [6, 6.07) is 0. The molecule has 1 saturated heterocycles. The molecule has 0 amide bonds. The highest BCUT2D eigenvalue weighted by atomic mass is 79.9. The summed E-state index contributed by atoms with van der Waals surface area (Å²) in [5.74, 6) is 0.831. The maximum Gasteiger partial charge on any atom is 0.0678 e. The van der Waals surface area contributed by atoms with Crippen LogP contribution in [0.5, 0.6) is 0 Å². The molecule has 0 radical (unpaired) electrons.